The van der Waals surface area contributed by atoms with Gasteiger partial charge >= 0.3 is 0 Å². The zero-order chi connectivity index (χ0) is 25.1. The van der Waals surface area contributed by atoms with E-state index in [-0.39, 0.29) is 5.91 Å². The quantitative estimate of drug-likeness (QED) is 0.386. The minimum Gasteiger partial charge on any atom is -0.455 e. The third-order valence-electron chi connectivity index (χ3n) is 5.87. The number of aromatic nitrogens is 4. The molecule has 9 heteroatoms. The van der Waals surface area contributed by atoms with Gasteiger partial charge in [0.15, 0.2) is 5.82 Å². The molecule has 0 atom stereocenters. The monoisotopic (exact) mass is 481 g/mol. The standard InChI is InChI=1S/C27H27N7O2/c1-18-15-20(6-8-23(18)36-21-5-4-12-28-16-21)31-26-25-22(29-17-30-26)7-9-24(32-25)34-14-11-19(27(34)35)10-13-33(2)3/h4-10,12,15-17H,11,13-14H2,1-3H3,(H,29,30,31)/b19-10+. The summed E-state index contributed by atoms with van der Waals surface area (Å²) in [7, 11) is 3.97. The van der Waals surface area contributed by atoms with Crippen molar-refractivity contribution in [2.75, 3.05) is 37.4 Å². The molecule has 4 aromatic rings. The van der Waals surface area contributed by atoms with Gasteiger partial charge < -0.3 is 15.0 Å². The summed E-state index contributed by atoms with van der Waals surface area (Å²) in [5.74, 6) is 2.57. The van der Waals surface area contributed by atoms with Crippen LogP contribution >= 0.6 is 0 Å². The summed E-state index contributed by atoms with van der Waals surface area (Å²) in [6, 6.07) is 13.2. The topological polar surface area (TPSA) is 96.4 Å². The maximum Gasteiger partial charge on any atom is 0.255 e. The van der Waals surface area contributed by atoms with Crippen LogP contribution in [0.25, 0.3) is 11.0 Å². The number of hydrogen-bond donors (Lipinski definition) is 1. The number of ether oxygens (including phenoxy) is 1. The summed E-state index contributed by atoms with van der Waals surface area (Å²) >= 11 is 0. The lowest BCUT2D eigenvalue weighted by atomic mass is 10.2. The largest absolute Gasteiger partial charge is 0.455 e. The molecule has 1 amide bonds. The Morgan fingerprint density at radius 3 is 2.83 bits per heavy atom. The van der Waals surface area contributed by atoms with Crippen molar-refractivity contribution >= 4 is 34.3 Å². The summed E-state index contributed by atoms with van der Waals surface area (Å²) in [6.45, 7) is 3.31. The summed E-state index contributed by atoms with van der Waals surface area (Å²) < 4.78 is 5.93. The van der Waals surface area contributed by atoms with Crippen molar-refractivity contribution in [3.05, 3.63) is 78.4 Å². The molecule has 3 aromatic heterocycles. The van der Waals surface area contributed by atoms with E-state index in [2.05, 4.69) is 20.3 Å². The van der Waals surface area contributed by atoms with E-state index in [4.69, 9.17) is 9.72 Å². The van der Waals surface area contributed by atoms with E-state index in [1.54, 1.807) is 17.3 Å². The van der Waals surface area contributed by atoms with Crippen LogP contribution in [-0.4, -0.2) is 57.9 Å². The van der Waals surface area contributed by atoms with Crippen LogP contribution in [0.3, 0.4) is 0 Å². The predicted molar refractivity (Wildman–Crippen MR) is 140 cm³/mol. The first-order valence-corrected chi connectivity index (χ1v) is 11.7. The van der Waals surface area contributed by atoms with Crippen molar-refractivity contribution < 1.29 is 9.53 Å². The summed E-state index contributed by atoms with van der Waals surface area (Å²) in [5, 5.41) is 3.35. The van der Waals surface area contributed by atoms with Crippen LogP contribution in [0.5, 0.6) is 11.5 Å². The smallest absolute Gasteiger partial charge is 0.255 e. The molecular weight excluding hydrogens is 454 g/mol. The van der Waals surface area contributed by atoms with Crippen LogP contribution < -0.4 is 15.0 Å². The van der Waals surface area contributed by atoms with Crippen molar-refractivity contribution in [2.24, 2.45) is 0 Å². The summed E-state index contributed by atoms with van der Waals surface area (Å²) in [5.41, 5.74) is 3.90. The van der Waals surface area contributed by atoms with Crippen LogP contribution in [0.15, 0.2) is 72.8 Å². The van der Waals surface area contributed by atoms with Crippen molar-refractivity contribution in [1.29, 1.82) is 0 Å². The normalized spacial score (nSPS) is 14.7. The zero-order valence-electron chi connectivity index (χ0n) is 20.5. The van der Waals surface area contributed by atoms with E-state index >= 15 is 0 Å². The van der Waals surface area contributed by atoms with Crippen molar-refractivity contribution in [2.45, 2.75) is 13.3 Å². The van der Waals surface area contributed by atoms with Crippen LogP contribution in [-0.2, 0) is 4.79 Å². The van der Waals surface area contributed by atoms with Gasteiger partial charge in [-0.15, -0.1) is 0 Å². The second kappa shape index (κ2) is 10.1. The Hall–Kier alpha value is -4.37. The van der Waals surface area contributed by atoms with E-state index < -0.39 is 0 Å². The number of nitrogens with one attached hydrogen (secondary N) is 1. The molecule has 1 N–H and O–H groups in total. The van der Waals surface area contributed by atoms with Crippen molar-refractivity contribution in [1.82, 2.24) is 24.8 Å². The van der Waals surface area contributed by atoms with Gasteiger partial charge in [0, 0.05) is 30.5 Å². The lowest BCUT2D eigenvalue weighted by Gasteiger charge is -2.16. The molecule has 1 aromatic carbocycles. The molecule has 182 valence electrons. The number of carbonyl (C=O) groups excluding carboxylic acids is 1. The number of carbonyl (C=O) groups is 1. The van der Waals surface area contributed by atoms with Crippen LogP contribution in [0, 0.1) is 6.92 Å². The molecule has 0 saturated carbocycles. The fraction of sp³-hybridized carbons (Fsp3) is 0.222. The highest BCUT2D eigenvalue weighted by Crippen LogP contribution is 2.30. The lowest BCUT2D eigenvalue weighted by molar-refractivity contribution is -0.114. The average molecular weight is 482 g/mol. The number of nitrogens with zero attached hydrogens (tertiary/aromatic N) is 6. The van der Waals surface area contributed by atoms with E-state index in [0.717, 1.165) is 29.1 Å². The van der Waals surface area contributed by atoms with Gasteiger partial charge in [0.2, 0.25) is 0 Å². The van der Waals surface area contributed by atoms with Gasteiger partial charge in [0.25, 0.3) is 5.91 Å². The highest BCUT2D eigenvalue weighted by molar-refractivity contribution is 6.08. The molecular formula is C27H27N7O2. The first-order valence-electron chi connectivity index (χ1n) is 11.7. The highest BCUT2D eigenvalue weighted by atomic mass is 16.5. The van der Waals surface area contributed by atoms with Gasteiger partial charge in [0.05, 0.1) is 11.7 Å². The Morgan fingerprint density at radius 1 is 1.17 bits per heavy atom. The summed E-state index contributed by atoms with van der Waals surface area (Å²) in [4.78, 5) is 34.4. The second-order valence-corrected chi connectivity index (χ2v) is 8.85. The van der Waals surface area contributed by atoms with Gasteiger partial charge in [-0.3, -0.25) is 14.7 Å². The number of pyridine rings is 2. The minimum absolute atomic E-state index is 0.00473. The SMILES string of the molecule is Cc1cc(Nc2ncnc3ccc(N4CC/C(=C\CN(C)C)C4=O)nc23)ccc1Oc1cccnc1. The number of rotatable bonds is 7. The Balaban J connectivity index is 1.39. The number of likely N-dealkylation sites (N-methyl/N-ethyl adjacent to an activating group) is 1. The Bertz CT molecular complexity index is 1440. The number of benzene rings is 1. The number of anilines is 3. The molecule has 1 fully saturated rings. The third kappa shape index (κ3) is 5.01. The molecule has 36 heavy (non-hydrogen) atoms. The molecule has 1 aliphatic rings. The van der Waals surface area contributed by atoms with Gasteiger partial charge in [0.1, 0.15) is 29.2 Å². The number of fused-ring (bicyclic) bond motifs is 1. The van der Waals surface area contributed by atoms with Gasteiger partial charge in [-0.05, 0) is 75.5 Å². The Labute approximate surface area is 209 Å². The third-order valence-corrected chi connectivity index (χ3v) is 5.87. The molecule has 9 nitrogen and oxygen atoms in total. The zero-order valence-corrected chi connectivity index (χ0v) is 20.5. The second-order valence-electron chi connectivity index (χ2n) is 8.85. The fourth-order valence-electron chi connectivity index (χ4n) is 4.00. The van der Waals surface area contributed by atoms with Gasteiger partial charge in [-0.1, -0.05) is 6.08 Å². The maximum absolute atomic E-state index is 13.0. The molecule has 1 saturated heterocycles. The number of amides is 1. The first kappa shape index (κ1) is 23.4. The lowest BCUT2D eigenvalue weighted by Crippen LogP contribution is -2.25. The fourth-order valence-corrected chi connectivity index (χ4v) is 4.00. The Morgan fingerprint density at radius 2 is 2.06 bits per heavy atom. The van der Waals surface area contributed by atoms with Gasteiger partial charge in [-0.25, -0.2) is 15.0 Å². The molecule has 1 aliphatic heterocycles. The molecule has 5 rings (SSSR count). The predicted octanol–water partition coefficient (Wildman–Crippen LogP) is 4.49. The highest BCUT2D eigenvalue weighted by Gasteiger charge is 2.28. The van der Waals surface area contributed by atoms with Crippen LogP contribution in [0.1, 0.15) is 12.0 Å². The molecule has 0 spiro atoms. The average Bonchev–Trinajstić information content (AvgIpc) is 3.25. The molecule has 0 aliphatic carbocycles. The molecule has 0 unspecified atom stereocenters. The maximum atomic E-state index is 13.0. The van der Waals surface area contributed by atoms with E-state index in [1.165, 1.54) is 6.33 Å². The van der Waals surface area contributed by atoms with E-state index in [1.807, 2.05) is 74.5 Å². The number of aryl methyl sites for hydroxylation is 1. The van der Waals surface area contributed by atoms with Crippen molar-refractivity contribution in [3.8, 4) is 11.5 Å². The van der Waals surface area contributed by atoms with E-state index in [0.29, 0.717) is 41.4 Å². The molecule has 4 heterocycles. The van der Waals surface area contributed by atoms with Gasteiger partial charge in [-0.2, -0.15) is 0 Å². The van der Waals surface area contributed by atoms with Crippen molar-refractivity contribution in [3.63, 3.8) is 0 Å². The van der Waals surface area contributed by atoms with Crippen LogP contribution in [0.2, 0.25) is 0 Å². The summed E-state index contributed by atoms with van der Waals surface area (Å²) in [6.07, 6.45) is 7.58. The first-order chi connectivity index (χ1) is 17.5. The Kier molecular flexibility index (Phi) is 6.55. The van der Waals surface area contributed by atoms with Crippen LogP contribution in [0.4, 0.5) is 17.3 Å². The number of hydrogen-bond acceptors (Lipinski definition) is 8. The van der Waals surface area contributed by atoms with E-state index in [9.17, 15) is 4.79 Å². The molecule has 0 radical (unpaired) electrons. The minimum atomic E-state index is -0.00473. The molecule has 0 bridgehead atoms.